The number of halogens is 2. The van der Waals surface area contributed by atoms with Gasteiger partial charge in [0, 0.05) is 12.6 Å². The van der Waals surface area contributed by atoms with Crippen LogP contribution in [-0.4, -0.2) is 28.6 Å². The first-order valence-electron chi connectivity index (χ1n) is 6.00. The van der Waals surface area contributed by atoms with E-state index in [0.29, 0.717) is 0 Å². The van der Waals surface area contributed by atoms with Crippen molar-refractivity contribution in [1.82, 2.24) is 0 Å². The maximum Gasteiger partial charge on any atom is 0.181 e. The Morgan fingerprint density at radius 2 is 2.00 bits per heavy atom. The van der Waals surface area contributed by atoms with Crippen molar-refractivity contribution in [2.75, 3.05) is 13.8 Å². The molecule has 2 N–H and O–H groups in total. The molecule has 1 rings (SSSR count). The van der Waals surface area contributed by atoms with Crippen LogP contribution in [0.5, 0.6) is 0 Å². The summed E-state index contributed by atoms with van der Waals surface area (Å²) in [5.41, 5.74) is 5.97. The van der Waals surface area contributed by atoms with Gasteiger partial charge in [0.05, 0.1) is 15.5 Å². The zero-order valence-electron chi connectivity index (χ0n) is 11.8. The second-order valence-corrected chi connectivity index (χ2v) is 7.69. The van der Waals surface area contributed by atoms with Crippen molar-refractivity contribution in [2.45, 2.75) is 24.3 Å². The van der Waals surface area contributed by atoms with Crippen LogP contribution in [-0.2, 0) is 15.5 Å². The van der Waals surface area contributed by atoms with Gasteiger partial charge in [0.2, 0.25) is 0 Å². The van der Waals surface area contributed by atoms with Crippen LogP contribution in [0.1, 0.15) is 19.4 Å². The fourth-order valence-electron chi connectivity index (χ4n) is 1.72. The number of rotatable bonds is 5. The molecule has 0 fully saturated rings. The number of benzene rings is 1. The van der Waals surface area contributed by atoms with E-state index in [2.05, 4.69) is 9.36 Å². The van der Waals surface area contributed by atoms with Crippen molar-refractivity contribution in [3.05, 3.63) is 35.6 Å². The summed E-state index contributed by atoms with van der Waals surface area (Å²) in [4.78, 5) is 3.47. The Bertz CT molecular complexity index is 620. The topological polar surface area (TPSA) is 67.8 Å². The molecule has 0 saturated heterocycles. The molecular formula is C13H19F2N3OS. The second kappa shape index (κ2) is 6.30. The number of nitrogens with zero attached hydrogens (tertiary/aromatic N) is 2. The number of amidine groups is 1. The monoisotopic (exact) mass is 303 g/mol. The van der Waals surface area contributed by atoms with Crippen molar-refractivity contribution in [2.24, 2.45) is 15.1 Å². The molecule has 0 aromatic heterocycles. The van der Waals surface area contributed by atoms with E-state index in [9.17, 15) is 13.0 Å². The Kier molecular flexibility index (Phi) is 5.21. The van der Waals surface area contributed by atoms with Gasteiger partial charge in [-0.25, -0.2) is 22.3 Å². The van der Waals surface area contributed by atoms with Crippen LogP contribution < -0.4 is 5.73 Å². The van der Waals surface area contributed by atoms with E-state index in [-0.39, 0.29) is 17.2 Å². The van der Waals surface area contributed by atoms with Crippen LogP contribution in [0.4, 0.5) is 8.78 Å². The molecule has 20 heavy (non-hydrogen) atoms. The smallest absolute Gasteiger partial charge is 0.181 e. The van der Waals surface area contributed by atoms with Crippen LogP contribution in [0.15, 0.2) is 33.6 Å². The summed E-state index contributed by atoms with van der Waals surface area (Å²) in [6.07, 6.45) is 0. The third-order valence-corrected chi connectivity index (χ3v) is 6.34. The van der Waals surface area contributed by atoms with Gasteiger partial charge in [-0.3, -0.25) is 0 Å². The molecule has 1 aromatic rings. The van der Waals surface area contributed by atoms with Gasteiger partial charge in [-0.15, -0.1) is 0 Å². The molecular weight excluding hydrogens is 284 g/mol. The molecule has 0 amide bonds. The van der Waals surface area contributed by atoms with Gasteiger partial charge < -0.3 is 5.73 Å². The van der Waals surface area contributed by atoms with Gasteiger partial charge >= 0.3 is 0 Å². The van der Waals surface area contributed by atoms with Crippen molar-refractivity contribution < 1.29 is 13.0 Å². The van der Waals surface area contributed by atoms with Crippen LogP contribution in [0.3, 0.4) is 0 Å². The van der Waals surface area contributed by atoms with E-state index in [4.69, 9.17) is 5.73 Å². The van der Waals surface area contributed by atoms with Crippen molar-refractivity contribution >= 4 is 15.6 Å². The minimum absolute atomic E-state index is 0.0908. The second-order valence-electron chi connectivity index (χ2n) is 4.73. The molecule has 0 heterocycles. The Hall–Kier alpha value is -1.50. The van der Waals surface area contributed by atoms with Gasteiger partial charge in [0.15, 0.2) is 6.80 Å². The molecule has 0 saturated carbocycles. The molecule has 1 aromatic carbocycles. The average Bonchev–Trinajstić information content (AvgIpc) is 2.41. The number of hydrogen-bond donors (Lipinski definition) is 1. The fraction of sp³-hybridized carbons (Fsp3) is 0.462. The van der Waals surface area contributed by atoms with Gasteiger partial charge in [0.25, 0.3) is 0 Å². The first-order valence-corrected chi connectivity index (χ1v) is 7.69. The lowest BCUT2D eigenvalue weighted by Gasteiger charge is -2.28. The third kappa shape index (κ3) is 3.15. The van der Waals surface area contributed by atoms with E-state index in [0.717, 1.165) is 0 Å². The van der Waals surface area contributed by atoms with Crippen molar-refractivity contribution in [3.8, 4) is 0 Å². The first kappa shape index (κ1) is 16.6. The third-order valence-electron chi connectivity index (χ3n) is 3.25. The molecule has 0 bridgehead atoms. The van der Waals surface area contributed by atoms with Gasteiger partial charge in [-0.05, 0) is 19.9 Å². The minimum atomic E-state index is -2.94. The fourth-order valence-corrected chi connectivity index (χ4v) is 3.71. The van der Waals surface area contributed by atoms with Crippen LogP contribution in [0.2, 0.25) is 0 Å². The summed E-state index contributed by atoms with van der Waals surface area (Å²) in [6, 6.07) is 6.03. The molecule has 4 nitrogen and oxygen atoms in total. The summed E-state index contributed by atoms with van der Waals surface area (Å²) in [7, 11) is -1.56. The zero-order valence-corrected chi connectivity index (χ0v) is 12.6. The van der Waals surface area contributed by atoms with Crippen molar-refractivity contribution in [1.29, 1.82) is 0 Å². The van der Waals surface area contributed by atoms with Gasteiger partial charge in [0.1, 0.15) is 16.4 Å². The Morgan fingerprint density at radius 1 is 1.40 bits per heavy atom. The van der Waals surface area contributed by atoms with E-state index in [1.165, 1.54) is 13.1 Å². The highest BCUT2D eigenvalue weighted by Gasteiger charge is 2.36. The van der Waals surface area contributed by atoms with Crippen LogP contribution in [0, 0.1) is 5.82 Å². The summed E-state index contributed by atoms with van der Waals surface area (Å²) in [6.45, 7) is 2.14. The summed E-state index contributed by atoms with van der Waals surface area (Å²) in [5, 5.41) is 0. The SMILES string of the molecule is CN=S(=O)(Cc1ccccc1F)C(C)(C)/C(N)=N\CF. The lowest BCUT2D eigenvalue weighted by molar-refractivity contribution is 0.510. The number of aliphatic imine (C=N–C) groups is 1. The number of alkyl halides is 1. The molecule has 0 aliphatic rings. The van der Waals surface area contributed by atoms with E-state index in [1.54, 1.807) is 32.0 Å². The average molecular weight is 303 g/mol. The van der Waals surface area contributed by atoms with Crippen molar-refractivity contribution in [3.63, 3.8) is 0 Å². The molecule has 1 atom stereocenters. The lowest BCUT2D eigenvalue weighted by Crippen LogP contribution is -2.46. The number of hydrogen-bond acceptors (Lipinski definition) is 3. The van der Waals surface area contributed by atoms with E-state index >= 15 is 0 Å². The zero-order chi connectivity index (χ0) is 15.4. The summed E-state index contributed by atoms with van der Waals surface area (Å²) >= 11 is 0. The summed E-state index contributed by atoms with van der Waals surface area (Å²) in [5.74, 6) is -0.654. The molecule has 0 radical (unpaired) electrons. The lowest BCUT2D eigenvalue weighted by atomic mass is 10.2. The summed E-state index contributed by atoms with van der Waals surface area (Å²) < 4.78 is 41.8. The van der Waals surface area contributed by atoms with Crippen LogP contribution in [0.25, 0.3) is 0 Å². The maximum absolute atomic E-state index is 13.7. The van der Waals surface area contributed by atoms with Gasteiger partial charge in [-0.1, -0.05) is 18.2 Å². The molecule has 0 aliphatic carbocycles. The van der Waals surface area contributed by atoms with Gasteiger partial charge in [-0.2, -0.15) is 0 Å². The molecule has 7 heteroatoms. The predicted molar refractivity (Wildman–Crippen MR) is 78.3 cm³/mol. The molecule has 0 aliphatic heterocycles. The van der Waals surface area contributed by atoms with E-state index in [1.807, 2.05) is 0 Å². The molecule has 112 valence electrons. The Labute approximate surface area is 118 Å². The maximum atomic E-state index is 13.7. The first-order chi connectivity index (χ1) is 9.28. The van der Waals surface area contributed by atoms with Crippen LogP contribution >= 0.6 is 0 Å². The Balaban J connectivity index is 3.27. The highest BCUT2D eigenvalue weighted by atomic mass is 32.2. The predicted octanol–water partition coefficient (Wildman–Crippen LogP) is 2.49. The highest BCUT2D eigenvalue weighted by Crippen LogP contribution is 2.25. The number of nitrogens with two attached hydrogens (primary N) is 1. The normalized spacial score (nSPS) is 15.8. The quantitative estimate of drug-likeness (QED) is 0.516. The largest absolute Gasteiger partial charge is 0.386 e. The molecule has 1 unspecified atom stereocenters. The molecule has 0 spiro atoms. The standard InChI is InChI=1S/C13H19F2N3OS/c1-13(2,12(16)18-9-14)20(19,17-3)8-10-6-4-5-7-11(10)15/h4-7H,8-9H2,1-3H3,(H2,16,18). The highest BCUT2D eigenvalue weighted by molar-refractivity contribution is 7.95. The van der Waals surface area contributed by atoms with E-state index < -0.39 is 27.1 Å². The Morgan fingerprint density at radius 3 is 2.50 bits per heavy atom. The minimum Gasteiger partial charge on any atom is -0.386 e.